The summed E-state index contributed by atoms with van der Waals surface area (Å²) < 4.78 is 2.28. The summed E-state index contributed by atoms with van der Waals surface area (Å²) in [5.41, 5.74) is 5.89. The lowest BCUT2D eigenvalue weighted by atomic mass is 10.2. The van der Waals surface area contributed by atoms with Crippen molar-refractivity contribution in [3.05, 3.63) is 119 Å². The van der Waals surface area contributed by atoms with Crippen LogP contribution >= 0.6 is 23.8 Å². The number of benzene rings is 3. The predicted octanol–water partition coefficient (Wildman–Crippen LogP) is 7.22. The zero-order valence-electron chi connectivity index (χ0n) is 20.9. The van der Waals surface area contributed by atoms with Crippen LogP contribution in [0, 0.1) is 6.92 Å². The van der Waals surface area contributed by atoms with Gasteiger partial charge in [-0.05, 0) is 79.7 Å². The molecule has 0 amide bonds. The maximum atomic E-state index is 6.08. The van der Waals surface area contributed by atoms with Gasteiger partial charge in [0.15, 0.2) is 5.11 Å². The Morgan fingerprint density at radius 2 is 1.61 bits per heavy atom. The van der Waals surface area contributed by atoms with Gasteiger partial charge in [-0.1, -0.05) is 59.6 Å². The maximum absolute atomic E-state index is 6.08. The van der Waals surface area contributed by atoms with E-state index in [1.807, 2.05) is 18.2 Å². The van der Waals surface area contributed by atoms with E-state index in [-0.39, 0.29) is 0 Å². The van der Waals surface area contributed by atoms with E-state index in [2.05, 4.69) is 113 Å². The highest BCUT2D eigenvalue weighted by Gasteiger charge is 2.14. The number of aromatic nitrogens is 1. The van der Waals surface area contributed by atoms with Crippen LogP contribution in [0.4, 0.5) is 11.4 Å². The number of nitrogens with one attached hydrogen (secondary N) is 1. The lowest BCUT2D eigenvalue weighted by Gasteiger charge is -2.28. The largest absolute Gasteiger partial charge is 0.375 e. The van der Waals surface area contributed by atoms with E-state index in [0.717, 1.165) is 48.4 Å². The summed E-state index contributed by atoms with van der Waals surface area (Å²) in [5, 5.41) is 4.94. The Labute approximate surface area is 225 Å². The average molecular weight is 517 g/mol. The lowest BCUT2D eigenvalue weighted by molar-refractivity contribution is 0.399. The van der Waals surface area contributed by atoms with Crippen molar-refractivity contribution < 1.29 is 0 Å². The summed E-state index contributed by atoms with van der Waals surface area (Å²) in [4.78, 5) is 4.56. The molecule has 3 aromatic carbocycles. The molecule has 36 heavy (non-hydrogen) atoms. The second kappa shape index (κ2) is 12.6. The molecule has 186 valence electrons. The van der Waals surface area contributed by atoms with Crippen molar-refractivity contribution in [2.24, 2.45) is 0 Å². The highest BCUT2D eigenvalue weighted by molar-refractivity contribution is 7.80. The number of halogens is 1. The third-order valence-electron chi connectivity index (χ3n) is 6.25. The van der Waals surface area contributed by atoms with E-state index in [1.54, 1.807) is 0 Å². The molecule has 4 nitrogen and oxygen atoms in total. The molecule has 0 aliphatic carbocycles. The van der Waals surface area contributed by atoms with Crippen LogP contribution in [0.1, 0.15) is 23.2 Å². The Balaban J connectivity index is 1.45. The third-order valence-corrected chi connectivity index (χ3v) is 6.86. The van der Waals surface area contributed by atoms with Gasteiger partial charge in [-0.2, -0.15) is 0 Å². The van der Waals surface area contributed by atoms with Gasteiger partial charge in [0, 0.05) is 55.0 Å². The van der Waals surface area contributed by atoms with Crippen molar-refractivity contribution in [3.8, 4) is 0 Å². The topological polar surface area (TPSA) is 23.4 Å². The monoisotopic (exact) mass is 516 g/mol. The minimum Gasteiger partial charge on any atom is -0.375 e. The Kier molecular flexibility index (Phi) is 9.04. The van der Waals surface area contributed by atoms with Crippen molar-refractivity contribution >= 4 is 40.3 Å². The molecule has 0 aliphatic heterocycles. The molecule has 0 radical (unpaired) electrons. The normalized spacial score (nSPS) is 10.8. The first-order valence-corrected chi connectivity index (χ1v) is 13.0. The van der Waals surface area contributed by atoms with Crippen molar-refractivity contribution in [2.45, 2.75) is 26.4 Å². The second-order valence-corrected chi connectivity index (χ2v) is 9.91. The fraction of sp³-hybridized carbons (Fsp3) is 0.233. The van der Waals surface area contributed by atoms with Crippen LogP contribution in [0.25, 0.3) is 0 Å². The Hall–Kier alpha value is -3.28. The summed E-state index contributed by atoms with van der Waals surface area (Å²) in [6.45, 7) is 5.41. The molecule has 0 atom stereocenters. The van der Waals surface area contributed by atoms with E-state index in [0.29, 0.717) is 0 Å². The number of nitrogens with zero attached hydrogens (tertiary/aromatic N) is 3. The molecule has 0 fully saturated rings. The molecule has 0 saturated carbocycles. The summed E-state index contributed by atoms with van der Waals surface area (Å²) >= 11 is 12.0. The number of para-hydroxylation sites is 1. The van der Waals surface area contributed by atoms with Gasteiger partial charge in [-0.15, -0.1) is 0 Å². The van der Waals surface area contributed by atoms with E-state index in [9.17, 15) is 0 Å². The lowest BCUT2D eigenvalue weighted by Crippen LogP contribution is -2.37. The number of rotatable bonds is 10. The van der Waals surface area contributed by atoms with Crippen molar-refractivity contribution in [1.29, 1.82) is 0 Å². The number of aryl methyl sites for hydroxylation is 1. The molecular formula is C30H33ClN4S. The Morgan fingerprint density at radius 3 is 2.33 bits per heavy atom. The standard InChI is InChI=1S/C30H33ClN4S/c1-24-11-17-27(18-12-24)32-30(36)35(21-7-19-33(2)28-8-4-3-5-9-28)23-29-10-6-20-34(29)22-25-13-15-26(31)16-14-25/h3-6,8-18,20H,7,19,21-23H2,1-2H3,(H,32,36). The minimum atomic E-state index is 0.729. The van der Waals surface area contributed by atoms with Crippen LogP contribution < -0.4 is 10.2 Å². The van der Waals surface area contributed by atoms with E-state index < -0.39 is 0 Å². The highest BCUT2D eigenvalue weighted by Crippen LogP contribution is 2.17. The van der Waals surface area contributed by atoms with Gasteiger partial charge in [0.2, 0.25) is 0 Å². The van der Waals surface area contributed by atoms with Crippen molar-refractivity contribution in [3.63, 3.8) is 0 Å². The molecule has 6 heteroatoms. The molecule has 1 heterocycles. The number of hydrogen-bond donors (Lipinski definition) is 1. The zero-order valence-corrected chi connectivity index (χ0v) is 22.5. The summed E-state index contributed by atoms with van der Waals surface area (Å²) in [7, 11) is 2.14. The SMILES string of the molecule is Cc1ccc(NC(=S)N(CCCN(C)c2ccccc2)Cc2cccn2Cc2ccc(Cl)cc2)cc1. The molecular weight excluding hydrogens is 484 g/mol. The van der Waals surface area contributed by atoms with Gasteiger partial charge >= 0.3 is 0 Å². The van der Waals surface area contributed by atoms with E-state index in [4.69, 9.17) is 23.8 Å². The van der Waals surface area contributed by atoms with Crippen molar-refractivity contribution in [2.75, 3.05) is 30.4 Å². The third kappa shape index (κ3) is 7.36. The Morgan fingerprint density at radius 1 is 0.889 bits per heavy atom. The molecule has 1 N–H and O–H groups in total. The first-order chi connectivity index (χ1) is 17.5. The fourth-order valence-corrected chi connectivity index (χ4v) is 4.53. The number of hydrogen-bond acceptors (Lipinski definition) is 2. The first-order valence-electron chi connectivity index (χ1n) is 12.3. The Bertz CT molecular complexity index is 1240. The van der Waals surface area contributed by atoms with Crippen LogP contribution in [-0.2, 0) is 13.1 Å². The van der Waals surface area contributed by atoms with E-state index >= 15 is 0 Å². The molecule has 0 spiro atoms. The van der Waals surface area contributed by atoms with Crippen LogP contribution in [0.5, 0.6) is 0 Å². The van der Waals surface area contributed by atoms with Gasteiger partial charge in [-0.25, -0.2) is 0 Å². The molecule has 4 aromatic rings. The molecule has 4 rings (SSSR count). The van der Waals surface area contributed by atoms with Crippen LogP contribution in [0.15, 0.2) is 97.2 Å². The van der Waals surface area contributed by atoms with Crippen molar-refractivity contribution in [1.82, 2.24) is 9.47 Å². The molecule has 0 bridgehead atoms. The first kappa shape index (κ1) is 25.8. The summed E-state index contributed by atoms with van der Waals surface area (Å²) in [6, 6.07) is 31.1. The summed E-state index contributed by atoms with van der Waals surface area (Å²) in [6.07, 6.45) is 3.11. The minimum absolute atomic E-state index is 0.729. The van der Waals surface area contributed by atoms with Gasteiger partial charge in [0.1, 0.15) is 0 Å². The average Bonchev–Trinajstić information content (AvgIpc) is 3.33. The second-order valence-electron chi connectivity index (χ2n) is 9.08. The van der Waals surface area contributed by atoms with Crippen LogP contribution in [-0.4, -0.2) is 34.7 Å². The molecule has 0 aliphatic rings. The van der Waals surface area contributed by atoms with Crippen LogP contribution in [0.2, 0.25) is 5.02 Å². The number of anilines is 2. The summed E-state index contributed by atoms with van der Waals surface area (Å²) in [5.74, 6) is 0. The number of thiocarbonyl (C=S) groups is 1. The van der Waals surface area contributed by atoms with Gasteiger partial charge < -0.3 is 19.7 Å². The predicted molar refractivity (Wildman–Crippen MR) is 157 cm³/mol. The molecule has 0 unspecified atom stereocenters. The van der Waals surface area contributed by atoms with Gasteiger partial charge in [0.05, 0.1) is 6.54 Å². The quantitative estimate of drug-likeness (QED) is 0.225. The van der Waals surface area contributed by atoms with E-state index in [1.165, 1.54) is 22.5 Å². The molecule has 1 aromatic heterocycles. The maximum Gasteiger partial charge on any atom is 0.173 e. The zero-order chi connectivity index (χ0) is 25.3. The van der Waals surface area contributed by atoms with Gasteiger partial charge in [-0.3, -0.25) is 0 Å². The smallest absolute Gasteiger partial charge is 0.173 e. The fourth-order valence-electron chi connectivity index (χ4n) is 4.13. The van der Waals surface area contributed by atoms with Crippen LogP contribution in [0.3, 0.4) is 0 Å². The van der Waals surface area contributed by atoms with Gasteiger partial charge in [0.25, 0.3) is 0 Å². The highest BCUT2D eigenvalue weighted by atomic mass is 35.5. The molecule has 0 saturated heterocycles.